The Bertz CT molecular complexity index is 631. The molecule has 6 heteroatoms. The number of nitrogens with zero attached hydrogens (tertiary/aromatic N) is 3. The minimum absolute atomic E-state index is 0.166. The minimum atomic E-state index is -0.665. The van der Waals surface area contributed by atoms with E-state index in [4.69, 9.17) is 6.42 Å². The number of hydrogen-bond acceptors (Lipinski definition) is 4. The lowest BCUT2D eigenvalue weighted by Gasteiger charge is -2.13. The first-order valence-corrected chi connectivity index (χ1v) is 6.27. The Morgan fingerprint density at radius 3 is 2.79 bits per heavy atom. The van der Waals surface area contributed by atoms with Gasteiger partial charge in [-0.25, -0.2) is 9.48 Å². The molecule has 5 nitrogen and oxygen atoms in total. The van der Waals surface area contributed by atoms with Crippen LogP contribution in [-0.2, 0) is 4.74 Å². The molecule has 1 atom stereocenters. The van der Waals surface area contributed by atoms with Gasteiger partial charge in [-0.1, -0.05) is 42.0 Å². The Hall–Kier alpha value is -2.13. The summed E-state index contributed by atoms with van der Waals surface area (Å²) < 4.78 is 6.32. The smallest absolute Gasteiger partial charge is 0.368 e. The molecule has 96 valence electrons. The van der Waals surface area contributed by atoms with Crippen LogP contribution in [0.25, 0.3) is 0 Å². The Labute approximate surface area is 118 Å². The van der Waals surface area contributed by atoms with Crippen LogP contribution in [0.3, 0.4) is 0 Å². The molecule has 1 aromatic carbocycles. The molecule has 0 bridgehead atoms. The Kier molecular flexibility index (Phi) is 3.97. The maximum Gasteiger partial charge on any atom is 0.373 e. The molecule has 0 radical (unpaired) electrons. The van der Waals surface area contributed by atoms with Gasteiger partial charge in [0.2, 0.25) is 0 Å². The summed E-state index contributed by atoms with van der Waals surface area (Å²) in [6, 6.07) is 9.46. The van der Waals surface area contributed by atoms with Crippen molar-refractivity contribution < 1.29 is 9.53 Å². The van der Waals surface area contributed by atoms with Gasteiger partial charge < -0.3 is 4.74 Å². The molecule has 2 aromatic rings. The highest BCUT2D eigenvalue weighted by atomic mass is 79.9. The summed E-state index contributed by atoms with van der Waals surface area (Å²) >= 11 is 3.16. The standard InChI is InChI=1S/C13H10BrN3O2/c1-3-19-13(18)11-12(14)15-16-17(11)9(2)10-7-5-4-6-8-10/h1,4-9H,2H3/t9-/m1/s1. The molecular weight excluding hydrogens is 310 g/mol. The second kappa shape index (κ2) is 5.67. The predicted octanol–water partition coefficient (Wildman–Crippen LogP) is 2.40. The van der Waals surface area contributed by atoms with Gasteiger partial charge in [0.1, 0.15) is 6.11 Å². The van der Waals surface area contributed by atoms with Gasteiger partial charge in [-0.05, 0) is 28.4 Å². The van der Waals surface area contributed by atoms with Gasteiger partial charge in [0, 0.05) is 0 Å². The first-order valence-electron chi connectivity index (χ1n) is 5.47. The van der Waals surface area contributed by atoms with Crippen molar-refractivity contribution >= 4 is 21.9 Å². The van der Waals surface area contributed by atoms with Gasteiger partial charge in [0.15, 0.2) is 10.3 Å². The van der Waals surface area contributed by atoms with E-state index in [-0.39, 0.29) is 11.7 Å². The number of terminal acetylenes is 1. The van der Waals surface area contributed by atoms with E-state index in [0.29, 0.717) is 4.60 Å². The molecule has 1 heterocycles. The van der Waals surface area contributed by atoms with Crippen molar-refractivity contribution in [2.45, 2.75) is 13.0 Å². The Morgan fingerprint density at radius 2 is 2.16 bits per heavy atom. The van der Waals surface area contributed by atoms with Gasteiger partial charge in [-0.15, -0.1) is 5.10 Å². The van der Waals surface area contributed by atoms with Crippen LogP contribution in [0.5, 0.6) is 0 Å². The lowest BCUT2D eigenvalue weighted by atomic mass is 10.1. The van der Waals surface area contributed by atoms with E-state index in [2.05, 4.69) is 31.0 Å². The molecule has 19 heavy (non-hydrogen) atoms. The average Bonchev–Trinajstić information content (AvgIpc) is 2.81. The van der Waals surface area contributed by atoms with E-state index >= 15 is 0 Å². The summed E-state index contributed by atoms with van der Waals surface area (Å²) in [5, 5.41) is 7.77. The van der Waals surface area contributed by atoms with Crippen molar-refractivity contribution in [3.05, 3.63) is 46.2 Å². The fourth-order valence-corrected chi connectivity index (χ4v) is 2.11. The Morgan fingerprint density at radius 1 is 1.47 bits per heavy atom. The third-order valence-corrected chi connectivity index (χ3v) is 3.18. The molecule has 0 N–H and O–H groups in total. The zero-order chi connectivity index (χ0) is 13.8. The fraction of sp³-hybridized carbons (Fsp3) is 0.154. The third kappa shape index (κ3) is 2.66. The molecule has 2 rings (SSSR count). The molecule has 0 aliphatic carbocycles. The highest BCUT2D eigenvalue weighted by molar-refractivity contribution is 9.10. The first kappa shape index (κ1) is 13.3. The molecule has 0 saturated heterocycles. The van der Waals surface area contributed by atoms with Crippen molar-refractivity contribution in [1.82, 2.24) is 15.0 Å². The molecular formula is C13H10BrN3O2. The van der Waals surface area contributed by atoms with Crippen LogP contribution in [-0.4, -0.2) is 21.0 Å². The molecule has 1 aromatic heterocycles. The monoisotopic (exact) mass is 319 g/mol. The lowest BCUT2D eigenvalue weighted by Crippen LogP contribution is -2.16. The maximum absolute atomic E-state index is 11.8. The normalized spacial score (nSPS) is 11.6. The number of benzene rings is 1. The number of halogens is 1. The van der Waals surface area contributed by atoms with Crippen molar-refractivity contribution in [2.24, 2.45) is 0 Å². The molecule has 0 amide bonds. The fourth-order valence-electron chi connectivity index (χ4n) is 1.70. The zero-order valence-corrected chi connectivity index (χ0v) is 11.7. The van der Waals surface area contributed by atoms with Crippen LogP contribution >= 0.6 is 15.9 Å². The second-order valence-corrected chi connectivity index (χ2v) is 4.52. The number of esters is 1. The number of aromatic nitrogens is 3. The minimum Gasteiger partial charge on any atom is -0.368 e. The van der Waals surface area contributed by atoms with Crippen molar-refractivity contribution in [3.63, 3.8) is 0 Å². The van der Waals surface area contributed by atoms with Crippen LogP contribution in [0.2, 0.25) is 0 Å². The van der Waals surface area contributed by atoms with Gasteiger partial charge >= 0.3 is 5.97 Å². The molecule has 0 spiro atoms. The average molecular weight is 320 g/mol. The molecule has 0 fully saturated rings. The lowest BCUT2D eigenvalue weighted by molar-refractivity contribution is 0.0675. The largest absolute Gasteiger partial charge is 0.373 e. The SMILES string of the molecule is C#COC(=O)c1c(Br)nnn1[C@H](C)c1ccccc1. The number of ether oxygens (including phenoxy) is 1. The van der Waals surface area contributed by atoms with Gasteiger partial charge in [0.25, 0.3) is 0 Å². The van der Waals surface area contributed by atoms with E-state index in [9.17, 15) is 4.79 Å². The highest BCUT2D eigenvalue weighted by Gasteiger charge is 2.24. The van der Waals surface area contributed by atoms with Gasteiger partial charge in [-0.3, -0.25) is 0 Å². The summed E-state index contributed by atoms with van der Waals surface area (Å²) in [5.41, 5.74) is 1.18. The van der Waals surface area contributed by atoms with Crippen LogP contribution in [0.15, 0.2) is 34.9 Å². The summed E-state index contributed by atoms with van der Waals surface area (Å²) in [6.07, 6.45) is 6.81. The highest BCUT2D eigenvalue weighted by Crippen LogP contribution is 2.22. The van der Waals surface area contributed by atoms with E-state index < -0.39 is 5.97 Å². The first-order chi connectivity index (χ1) is 9.15. The van der Waals surface area contributed by atoms with Gasteiger partial charge in [0.05, 0.1) is 6.04 Å². The van der Waals surface area contributed by atoms with E-state index in [1.54, 1.807) is 0 Å². The summed E-state index contributed by atoms with van der Waals surface area (Å²) in [5.74, 6) is -0.665. The number of rotatable bonds is 3. The summed E-state index contributed by atoms with van der Waals surface area (Å²) in [4.78, 5) is 11.8. The Balaban J connectivity index is 2.41. The van der Waals surface area contributed by atoms with Crippen molar-refractivity contribution in [2.75, 3.05) is 0 Å². The number of carbonyl (C=O) groups is 1. The second-order valence-electron chi connectivity index (χ2n) is 3.77. The summed E-state index contributed by atoms with van der Waals surface area (Å²) in [7, 11) is 0. The predicted molar refractivity (Wildman–Crippen MR) is 72.2 cm³/mol. The van der Waals surface area contributed by atoms with E-state index in [1.165, 1.54) is 4.68 Å². The number of hydrogen-bond donors (Lipinski definition) is 0. The van der Waals surface area contributed by atoms with E-state index in [0.717, 1.165) is 5.56 Å². The molecule has 0 saturated carbocycles. The maximum atomic E-state index is 11.8. The third-order valence-electron chi connectivity index (χ3n) is 2.65. The van der Waals surface area contributed by atoms with Crippen LogP contribution in [0.1, 0.15) is 29.0 Å². The summed E-state index contributed by atoms with van der Waals surface area (Å²) in [6.45, 7) is 1.91. The van der Waals surface area contributed by atoms with Crippen molar-refractivity contribution in [3.8, 4) is 12.5 Å². The molecule has 0 aliphatic heterocycles. The van der Waals surface area contributed by atoms with E-state index in [1.807, 2.05) is 43.4 Å². The quantitative estimate of drug-likeness (QED) is 0.644. The van der Waals surface area contributed by atoms with Gasteiger partial charge in [-0.2, -0.15) is 0 Å². The molecule has 0 unspecified atom stereocenters. The van der Waals surface area contributed by atoms with Crippen LogP contribution < -0.4 is 0 Å². The van der Waals surface area contributed by atoms with Crippen LogP contribution in [0.4, 0.5) is 0 Å². The zero-order valence-electron chi connectivity index (χ0n) is 10.1. The number of carbonyl (C=O) groups excluding carboxylic acids is 1. The molecule has 0 aliphatic rings. The van der Waals surface area contributed by atoms with Crippen LogP contribution in [0, 0.1) is 12.5 Å². The topological polar surface area (TPSA) is 57.0 Å². The van der Waals surface area contributed by atoms with Crippen molar-refractivity contribution in [1.29, 1.82) is 0 Å².